The molecule has 1 aromatic carbocycles. The molecule has 0 aliphatic rings. The van der Waals surface area contributed by atoms with Crippen molar-refractivity contribution in [3.8, 4) is 5.75 Å². The van der Waals surface area contributed by atoms with Gasteiger partial charge in [0.2, 0.25) is 0 Å². The summed E-state index contributed by atoms with van der Waals surface area (Å²) in [5.41, 5.74) is 5.47. The maximum absolute atomic E-state index is 12.0. The molecular formula is C17H18N4O3. The van der Waals surface area contributed by atoms with Crippen molar-refractivity contribution in [2.45, 2.75) is 13.3 Å². The second-order valence-corrected chi connectivity index (χ2v) is 5.20. The number of anilines is 1. The largest absolute Gasteiger partial charge is 0.494 e. The number of methoxy groups -OCH3 is 1. The highest BCUT2D eigenvalue weighted by Crippen LogP contribution is 2.36. The molecule has 0 amide bonds. The van der Waals surface area contributed by atoms with Gasteiger partial charge in [-0.05, 0) is 30.7 Å². The number of hydrogen-bond donors (Lipinski definition) is 1. The fourth-order valence-electron chi connectivity index (χ4n) is 2.59. The molecule has 0 saturated heterocycles. The number of carbonyl (C=O) groups is 1. The van der Waals surface area contributed by atoms with Gasteiger partial charge in [0.15, 0.2) is 5.75 Å². The van der Waals surface area contributed by atoms with E-state index in [9.17, 15) is 4.79 Å². The van der Waals surface area contributed by atoms with Crippen molar-refractivity contribution in [1.82, 2.24) is 14.8 Å². The van der Waals surface area contributed by atoms with Crippen LogP contribution in [-0.4, -0.2) is 27.8 Å². The number of pyridine rings is 1. The van der Waals surface area contributed by atoms with Crippen molar-refractivity contribution >= 4 is 22.6 Å². The number of fused-ring (bicyclic) bond motifs is 1. The minimum absolute atomic E-state index is 0.362. The predicted octanol–water partition coefficient (Wildman–Crippen LogP) is 2.72. The maximum Gasteiger partial charge on any atom is 0.364 e. The third-order valence-electron chi connectivity index (χ3n) is 3.73. The third-order valence-corrected chi connectivity index (χ3v) is 3.73. The zero-order valence-electron chi connectivity index (χ0n) is 13.7. The molecule has 0 aliphatic heterocycles. The van der Waals surface area contributed by atoms with Crippen LogP contribution in [0.3, 0.4) is 0 Å². The molecular weight excluding hydrogens is 308 g/mol. The second kappa shape index (κ2) is 6.57. The second-order valence-electron chi connectivity index (χ2n) is 5.20. The Morgan fingerprint density at radius 1 is 1.33 bits per heavy atom. The number of ether oxygens (including phenoxy) is 1. The van der Waals surface area contributed by atoms with E-state index in [1.807, 2.05) is 24.7 Å². The summed E-state index contributed by atoms with van der Waals surface area (Å²) in [6.07, 6.45) is 3.81. The van der Waals surface area contributed by atoms with Gasteiger partial charge in [-0.3, -0.25) is 9.67 Å². The normalized spacial score (nSPS) is 10.6. The van der Waals surface area contributed by atoms with Gasteiger partial charge < -0.3 is 9.57 Å². The average Bonchev–Trinajstić information content (AvgIpc) is 2.96. The van der Waals surface area contributed by atoms with Gasteiger partial charge in [-0.1, -0.05) is 6.92 Å². The number of nitrogens with one attached hydrogen (secondary N) is 1. The Morgan fingerprint density at radius 3 is 2.83 bits per heavy atom. The van der Waals surface area contributed by atoms with Crippen LogP contribution >= 0.6 is 0 Å². The zero-order chi connectivity index (χ0) is 17.1. The number of carbonyl (C=O) groups excluding carboxylic acids is 1. The SMILES string of the molecule is CCc1nn(C)c2ccc(NOC(=O)c3cccnc3)c(OC)c12. The molecule has 24 heavy (non-hydrogen) atoms. The Morgan fingerprint density at radius 2 is 2.17 bits per heavy atom. The van der Waals surface area contributed by atoms with Crippen LogP contribution in [0.25, 0.3) is 10.9 Å². The molecule has 2 heterocycles. The summed E-state index contributed by atoms with van der Waals surface area (Å²) in [5, 5.41) is 5.40. The first-order valence-corrected chi connectivity index (χ1v) is 7.55. The number of nitrogens with zero attached hydrogens (tertiary/aromatic N) is 3. The summed E-state index contributed by atoms with van der Waals surface area (Å²) in [5.74, 6) is 0.0728. The fraction of sp³-hybridized carbons (Fsp3) is 0.235. The molecule has 0 unspecified atom stereocenters. The summed E-state index contributed by atoms with van der Waals surface area (Å²) in [6, 6.07) is 7.00. The van der Waals surface area contributed by atoms with Gasteiger partial charge in [0, 0.05) is 19.4 Å². The van der Waals surface area contributed by atoms with Crippen LogP contribution in [0.15, 0.2) is 36.7 Å². The zero-order valence-corrected chi connectivity index (χ0v) is 13.7. The van der Waals surface area contributed by atoms with Crippen LogP contribution in [0.2, 0.25) is 0 Å². The molecule has 7 heteroatoms. The van der Waals surface area contributed by atoms with E-state index in [0.717, 1.165) is 23.0 Å². The monoisotopic (exact) mass is 326 g/mol. The van der Waals surface area contributed by atoms with Crippen molar-refractivity contribution in [3.05, 3.63) is 47.9 Å². The third kappa shape index (κ3) is 2.76. The van der Waals surface area contributed by atoms with E-state index < -0.39 is 5.97 Å². The minimum atomic E-state index is -0.521. The number of aryl methyl sites for hydroxylation is 2. The average molecular weight is 326 g/mol. The van der Waals surface area contributed by atoms with Gasteiger partial charge in [-0.2, -0.15) is 5.10 Å². The first-order valence-electron chi connectivity index (χ1n) is 7.55. The van der Waals surface area contributed by atoms with Crippen LogP contribution in [0.1, 0.15) is 23.0 Å². The number of rotatable bonds is 5. The molecule has 1 N–H and O–H groups in total. The summed E-state index contributed by atoms with van der Waals surface area (Å²) in [7, 11) is 3.46. The van der Waals surface area contributed by atoms with Gasteiger partial charge >= 0.3 is 5.97 Å². The van der Waals surface area contributed by atoms with Gasteiger partial charge in [0.25, 0.3) is 0 Å². The topological polar surface area (TPSA) is 78.3 Å². The lowest BCUT2D eigenvalue weighted by Gasteiger charge is -2.12. The van der Waals surface area contributed by atoms with Crippen LogP contribution in [-0.2, 0) is 18.3 Å². The minimum Gasteiger partial charge on any atom is -0.494 e. The molecule has 0 saturated carbocycles. The van der Waals surface area contributed by atoms with E-state index in [0.29, 0.717) is 17.0 Å². The quantitative estimate of drug-likeness (QED) is 0.726. The van der Waals surface area contributed by atoms with Gasteiger partial charge in [0.1, 0.15) is 5.69 Å². The highest BCUT2D eigenvalue weighted by molar-refractivity contribution is 5.94. The predicted molar refractivity (Wildman–Crippen MR) is 89.9 cm³/mol. The Balaban J connectivity index is 1.91. The van der Waals surface area contributed by atoms with Crippen LogP contribution in [0.5, 0.6) is 5.75 Å². The highest BCUT2D eigenvalue weighted by atomic mass is 16.7. The van der Waals surface area contributed by atoms with E-state index in [1.54, 1.807) is 31.5 Å². The molecule has 0 aliphatic carbocycles. The Labute approximate surface area is 139 Å². The smallest absolute Gasteiger partial charge is 0.364 e. The summed E-state index contributed by atoms with van der Waals surface area (Å²) >= 11 is 0. The molecule has 2 aromatic heterocycles. The highest BCUT2D eigenvalue weighted by Gasteiger charge is 2.17. The molecule has 3 rings (SSSR count). The number of hydrogen-bond acceptors (Lipinski definition) is 6. The Bertz CT molecular complexity index is 874. The lowest BCUT2D eigenvalue weighted by Crippen LogP contribution is -2.11. The summed E-state index contributed by atoms with van der Waals surface area (Å²) in [6.45, 7) is 2.03. The first kappa shape index (κ1) is 15.8. The van der Waals surface area contributed by atoms with Crippen molar-refractivity contribution in [1.29, 1.82) is 0 Å². The van der Waals surface area contributed by atoms with Crippen LogP contribution in [0.4, 0.5) is 5.69 Å². The van der Waals surface area contributed by atoms with Crippen molar-refractivity contribution in [3.63, 3.8) is 0 Å². The fourth-order valence-corrected chi connectivity index (χ4v) is 2.59. The van der Waals surface area contributed by atoms with E-state index in [-0.39, 0.29) is 0 Å². The van der Waals surface area contributed by atoms with Gasteiger partial charge in [-0.15, -0.1) is 0 Å². The lowest BCUT2D eigenvalue weighted by molar-refractivity contribution is 0.0595. The number of benzene rings is 1. The Kier molecular flexibility index (Phi) is 4.33. The van der Waals surface area contributed by atoms with Crippen LogP contribution < -0.4 is 10.2 Å². The van der Waals surface area contributed by atoms with Crippen molar-refractivity contribution < 1.29 is 14.4 Å². The first-order chi connectivity index (χ1) is 11.7. The van der Waals surface area contributed by atoms with Gasteiger partial charge in [0.05, 0.1) is 29.3 Å². The van der Waals surface area contributed by atoms with Crippen LogP contribution in [0, 0.1) is 0 Å². The molecule has 0 radical (unpaired) electrons. The summed E-state index contributed by atoms with van der Waals surface area (Å²) in [4.78, 5) is 21.1. The van der Waals surface area contributed by atoms with Gasteiger partial charge in [-0.25, -0.2) is 10.3 Å². The summed E-state index contributed by atoms with van der Waals surface area (Å²) < 4.78 is 7.34. The van der Waals surface area contributed by atoms with E-state index in [1.165, 1.54) is 6.20 Å². The molecule has 0 fully saturated rings. The molecule has 7 nitrogen and oxygen atoms in total. The van der Waals surface area contributed by atoms with E-state index in [4.69, 9.17) is 9.57 Å². The van der Waals surface area contributed by atoms with Crippen molar-refractivity contribution in [2.24, 2.45) is 7.05 Å². The number of aromatic nitrogens is 3. The molecule has 124 valence electrons. The lowest BCUT2D eigenvalue weighted by atomic mass is 10.1. The molecule has 3 aromatic rings. The molecule has 0 spiro atoms. The van der Waals surface area contributed by atoms with E-state index >= 15 is 0 Å². The van der Waals surface area contributed by atoms with E-state index in [2.05, 4.69) is 15.6 Å². The Hall–Kier alpha value is -3.09. The molecule has 0 atom stereocenters. The molecule has 0 bridgehead atoms. The standard InChI is InChI=1S/C17H18N4O3/c1-4-12-15-14(21(2)19-12)8-7-13(16(15)23-3)20-24-17(22)11-6-5-9-18-10-11/h5-10,20H,4H2,1-3H3. The maximum atomic E-state index is 12.0. The van der Waals surface area contributed by atoms with Crippen molar-refractivity contribution in [2.75, 3.05) is 12.6 Å².